The monoisotopic (exact) mass is 507 g/mol. The van der Waals surface area contributed by atoms with Crippen molar-refractivity contribution in [2.45, 2.75) is 38.2 Å². The second-order valence-corrected chi connectivity index (χ2v) is 11.9. The van der Waals surface area contributed by atoms with Crippen molar-refractivity contribution in [3.63, 3.8) is 0 Å². The molecule has 3 saturated heterocycles. The maximum Gasteiger partial charge on any atom is 0.141 e. The Morgan fingerprint density at radius 2 is 1.78 bits per heavy atom. The number of anilines is 2. The van der Waals surface area contributed by atoms with Gasteiger partial charge in [-0.15, -0.1) is 0 Å². The van der Waals surface area contributed by atoms with E-state index in [0.717, 1.165) is 61.7 Å². The fourth-order valence-corrected chi connectivity index (χ4v) is 7.08. The van der Waals surface area contributed by atoms with Crippen LogP contribution in [0.2, 0.25) is 0 Å². The minimum Gasteiger partial charge on any atom is -0.386 e. The Hall–Kier alpha value is -2.26. The molecule has 1 N–H and O–H groups in total. The summed E-state index contributed by atoms with van der Waals surface area (Å²) in [4.78, 5) is 17.8. The molecule has 6 rings (SSSR count). The molecule has 5 heterocycles. The zero-order valence-electron chi connectivity index (χ0n) is 21.2. The van der Waals surface area contributed by atoms with Crippen molar-refractivity contribution < 1.29 is 9.84 Å². The maximum atomic E-state index is 10.4. The van der Waals surface area contributed by atoms with Crippen LogP contribution in [0, 0.1) is 5.92 Å². The number of aromatic nitrogens is 2. The molecule has 0 aliphatic carbocycles. The van der Waals surface area contributed by atoms with Crippen molar-refractivity contribution in [1.29, 1.82) is 0 Å². The molecule has 0 amide bonds. The van der Waals surface area contributed by atoms with Gasteiger partial charge < -0.3 is 24.5 Å². The fourth-order valence-electron chi connectivity index (χ4n) is 5.92. The highest BCUT2D eigenvalue weighted by Gasteiger charge is 2.39. The Balaban J connectivity index is 1.19. The van der Waals surface area contributed by atoms with Gasteiger partial charge in [0, 0.05) is 44.9 Å². The van der Waals surface area contributed by atoms with Crippen LogP contribution in [-0.2, 0) is 4.74 Å². The van der Waals surface area contributed by atoms with Crippen molar-refractivity contribution in [1.82, 2.24) is 14.9 Å². The fraction of sp³-hybridized carbons (Fsp3) is 0.571. The molecule has 0 saturated carbocycles. The van der Waals surface area contributed by atoms with Gasteiger partial charge in [0.15, 0.2) is 0 Å². The Kier molecular flexibility index (Phi) is 6.86. The van der Waals surface area contributed by atoms with E-state index in [2.05, 4.69) is 50.0 Å². The Bertz CT molecular complexity index is 1160. The van der Waals surface area contributed by atoms with Crippen molar-refractivity contribution in [3.8, 4) is 11.1 Å². The molecule has 192 valence electrons. The number of piperidine rings is 1. The summed E-state index contributed by atoms with van der Waals surface area (Å²) >= 11 is 1.72. The lowest BCUT2D eigenvalue weighted by atomic mass is 9.95. The van der Waals surface area contributed by atoms with E-state index in [0.29, 0.717) is 19.0 Å². The maximum absolute atomic E-state index is 10.4. The van der Waals surface area contributed by atoms with Crippen LogP contribution in [0.15, 0.2) is 36.7 Å². The number of thiophene rings is 1. The zero-order chi connectivity index (χ0) is 24.5. The predicted octanol–water partition coefficient (Wildman–Crippen LogP) is 4.26. The number of β-amino-alcohol motifs (C(OH)–C–C–N with tert-alkyl or cyclic N) is 1. The smallest absolute Gasteiger partial charge is 0.141 e. The van der Waals surface area contributed by atoms with Gasteiger partial charge in [-0.1, -0.05) is 41.7 Å². The van der Waals surface area contributed by atoms with Crippen molar-refractivity contribution in [2.75, 3.05) is 68.8 Å². The molecule has 36 heavy (non-hydrogen) atoms. The summed E-state index contributed by atoms with van der Waals surface area (Å²) in [5.41, 5.74) is 1.76. The number of hydrogen-bond donors (Lipinski definition) is 1. The van der Waals surface area contributed by atoms with Crippen molar-refractivity contribution in [2.24, 2.45) is 5.92 Å². The molecule has 0 spiro atoms. The first-order valence-corrected chi connectivity index (χ1v) is 14.2. The van der Waals surface area contributed by atoms with Gasteiger partial charge in [-0.3, -0.25) is 0 Å². The van der Waals surface area contributed by atoms with E-state index in [-0.39, 0.29) is 0 Å². The van der Waals surface area contributed by atoms with Gasteiger partial charge in [-0.05, 0) is 57.2 Å². The van der Waals surface area contributed by atoms with Gasteiger partial charge in [0.25, 0.3) is 0 Å². The van der Waals surface area contributed by atoms with E-state index >= 15 is 0 Å². The highest BCUT2D eigenvalue weighted by atomic mass is 32.1. The quantitative estimate of drug-likeness (QED) is 0.457. The van der Waals surface area contributed by atoms with E-state index in [9.17, 15) is 5.11 Å². The SMILES string of the molecule is CC1(O)CN(c2sc3ncnc(N4CCC(COCCN5CCCC5)CC4)c3c2-c2ccccc2)C1. The predicted molar refractivity (Wildman–Crippen MR) is 147 cm³/mol. The Labute approximate surface area is 217 Å². The molecule has 0 unspecified atom stereocenters. The lowest BCUT2D eigenvalue weighted by Gasteiger charge is -2.45. The molecule has 3 aliphatic heterocycles. The lowest BCUT2D eigenvalue weighted by molar-refractivity contribution is 0.0315. The summed E-state index contributed by atoms with van der Waals surface area (Å²) in [6, 6.07) is 10.6. The van der Waals surface area contributed by atoms with Gasteiger partial charge in [-0.25, -0.2) is 9.97 Å². The minimum absolute atomic E-state index is 0.618. The van der Waals surface area contributed by atoms with E-state index in [1.54, 1.807) is 17.7 Å². The number of hydrogen-bond acceptors (Lipinski definition) is 8. The van der Waals surface area contributed by atoms with Gasteiger partial charge in [-0.2, -0.15) is 0 Å². The first kappa shape index (κ1) is 24.1. The number of fused-ring (bicyclic) bond motifs is 1. The number of ether oxygens (including phenoxy) is 1. The van der Waals surface area contributed by atoms with E-state index in [4.69, 9.17) is 9.72 Å². The topological polar surface area (TPSA) is 65.0 Å². The third-order valence-corrected chi connectivity index (χ3v) is 9.04. The largest absolute Gasteiger partial charge is 0.386 e. The molecule has 3 aromatic rings. The second kappa shape index (κ2) is 10.2. The molecule has 1 aromatic carbocycles. The summed E-state index contributed by atoms with van der Waals surface area (Å²) in [6.07, 6.45) is 6.65. The van der Waals surface area contributed by atoms with Crippen LogP contribution in [0.3, 0.4) is 0 Å². The summed E-state index contributed by atoms with van der Waals surface area (Å²) in [6.45, 7) is 10.5. The third kappa shape index (κ3) is 4.96. The number of likely N-dealkylation sites (tertiary alicyclic amines) is 1. The number of benzene rings is 1. The Morgan fingerprint density at radius 3 is 2.50 bits per heavy atom. The van der Waals surface area contributed by atoms with Crippen molar-refractivity contribution >= 4 is 32.4 Å². The van der Waals surface area contributed by atoms with E-state index in [1.807, 2.05) is 6.92 Å². The number of rotatable bonds is 8. The summed E-state index contributed by atoms with van der Waals surface area (Å²) in [5, 5.41) is 12.7. The highest BCUT2D eigenvalue weighted by molar-refractivity contribution is 7.23. The van der Waals surface area contributed by atoms with Crippen LogP contribution in [0.4, 0.5) is 10.8 Å². The summed E-state index contributed by atoms with van der Waals surface area (Å²) < 4.78 is 6.08. The average molecular weight is 508 g/mol. The van der Waals surface area contributed by atoms with Crippen LogP contribution in [0.25, 0.3) is 21.3 Å². The first-order valence-electron chi connectivity index (χ1n) is 13.4. The van der Waals surface area contributed by atoms with Gasteiger partial charge >= 0.3 is 0 Å². The zero-order valence-corrected chi connectivity index (χ0v) is 22.1. The average Bonchev–Trinajstić information content (AvgIpc) is 3.54. The normalized spacial score (nSPS) is 20.8. The van der Waals surface area contributed by atoms with Crippen LogP contribution in [-0.4, -0.2) is 84.6 Å². The molecule has 3 fully saturated rings. The molecule has 7 nitrogen and oxygen atoms in total. The first-order chi connectivity index (χ1) is 17.6. The van der Waals surface area contributed by atoms with Gasteiger partial charge in [0.05, 0.1) is 17.6 Å². The molecule has 0 bridgehead atoms. The number of aliphatic hydroxyl groups is 1. The standard InChI is InChI=1S/C28H37N5O2S/c1-28(34)18-33(19-28)27-23(22-7-3-2-4-8-22)24-25(29-20-30-26(24)36-27)32-13-9-21(10-14-32)17-35-16-15-31-11-5-6-12-31/h2-4,7-8,20-21,34H,5-6,9-19H2,1H3. The third-order valence-electron chi connectivity index (χ3n) is 7.88. The molecule has 3 aliphatic rings. The number of nitrogens with zero attached hydrogens (tertiary/aromatic N) is 5. The second-order valence-electron chi connectivity index (χ2n) is 10.9. The van der Waals surface area contributed by atoms with Crippen LogP contribution in [0.5, 0.6) is 0 Å². The molecule has 2 aromatic heterocycles. The minimum atomic E-state index is -0.628. The molecule has 0 atom stereocenters. The van der Waals surface area contributed by atoms with Crippen LogP contribution >= 0.6 is 11.3 Å². The molecular formula is C28H37N5O2S. The highest BCUT2D eigenvalue weighted by Crippen LogP contribution is 2.49. The molecule has 8 heteroatoms. The Morgan fingerprint density at radius 1 is 1.03 bits per heavy atom. The van der Waals surface area contributed by atoms with Crippen LogP contribution in [0.1, 0.15) is 32.6 Å². The lowest BCUT2D eigenvalue weighted by Crippen LogP contribution is -2.60. The van der Waals surface area contributed by atoms with Gasteiger partial charge in [0.2, 0.25) is 0 Å². The van der Waals surface area contributed by atoms with Crippen LogP contribution < -0.4 is 9.80 Å². The van der Waals surface area contributed by atoms with E-state index in [1.165, 1.54) is 42.1 Å². The molecular weight excluding hydrogens is 470 g/mol. The summed E-state index contributed by atoms with van der Waals surface area (Å²) in [7, 11) is 0. The van der Waals surface area contributed by atoms with E-state index < -0.39 is 5.60 Å². The molecule has 0 radical (unpaired) electrons. The van der Waals surface area contributed by atoms with Gasteiger partial charge in [0.1, 0.15) is 22.0 Å². The van der Waals surface area contributed by atoms with Crippen molar-refractivity contribution in [3.05, 3.63) is 36.7 Å². The summed E-state index contributed by atoms with van der Waals surface area (Å²) in [5.74, 6) is 1.66.